The molecule has 178 valence electrons. The molecule has 2 aromatic heterocycles. The second kappa shape index (κ2) is 9.94. The van der Waals surface area contributed by atoms with Crippen molar-refractivity contribution >= 4 is 40.1 Å². The molecular formula is C26H22N2O6S. The standard InChI is InChI=1S/C26H22N2O6S/c1-14-3-10-23(35-14)16-6-9-20-18(12-16)19(25(31)32)13-21(27-20)24(30)28-22(26(33)34-2)11-15-4-7-17(29)8-5-15/h3-10,12-13,22,29H,11H2,1-2H3,(H,28,30)(H,31,32)/t22-/m0/s1. The van der Waals surface area contributed by atoms with Crippen molar-refractivity contribution in [1.29, 1.82) is 0 Å². The highest BCUT2D eigenvalue weighted by Crippen LogP contribution is 2.31. The lowest BCUT2D eigenvalue weighted by Gasteiger charge is -2.17. The van der Waals surface area contributed by atoms with Gasteiger partial charge in [0.2, 0.25) is 0 Å². The molecule has 1 amide bonds. The molecule has 1 atom stereocenters. The number of aromatic carboxylic acids is 1. The first-order valence-corrected chi connectivity index (χ1v) is 11.5. The number of phenols is 1. The van der Waals surface area contributed by atoms with E-state index in [-0.39, 0.29) is 23.4 Å². The number of benzene rings is 2. The van der Waals surface area contributed by atoms with E-state index in [1.54, 1.807) is 35.6 Å². The average Bonchev–Trinajstić information content (AvgIpc) is 3.29. The zero-order chi connectivity index (χ0) is 25.1. The van der Waals surface area contributed by atoms with Gasteiger partial charge in [0, 0.05) is 21.6 Å². The minimum atomic E-state index is -1.19. The Bertz CT molecular complexity index is 1430. The van der Waals surface area contributed by atoms with Crippen LogP contribution in [0, 0.1) is 6.92 Å². The number of carbonyl (C=O) groups is 3. The number of hydrogen-bond donors (Lipinski definition) is 3. The highest BCUT2D eigenvalue weighted by molar-refractivity contribution is 7.15. The molecule has 35 heavy (non-hydrogen) atoms. The summed E-state index contributed by atoms with van der Waals surface area (Å²) in [5.41, 5.74) is 1.70. The van der Waals surface area contributed by atoms with E-state index >= 15 is 0 Å². The zero-order valence-corrected chi connectivity index (χ0v) is 19.8. The molecule has 0 aliphatic carbocycles. The Hall–Kier alpha value is -4.24. The number of amides is 1. The van der Waals surface area contributed by atoms with Crippen molar-refractivity contribution in [2.75, 3.05) is 7.11 Å². The molecule has 8 nitrogen and oxygen atoms in total. The number of aromatic nitrogens is 1. The van der Waals surface area contributed by atoms with Crippen molar-refractivity contribution in [3.05, 3.63) is 82.4 Å². The quantitative estimate of drug-likeness (QED) is 0.332. The van der Waals surface area contributed by atoms with E-state index in [0.717, 1.165) is 15.3 Å². The number of hydrogen-bond acceptors (Lipinski definition) is 7. The third-order valence-corrected chi connectivity index (χ3v) is 6.51. The van der Waals surface area contributed by atoms with E-state index in [4.69, 9.17) is 4.74 Å². The Morgan fingerprint density at radius 2 is 1.80 bits per heavy atom. The van der Waals surface area contributed by atoms with Crippen LogP contribution in [0.4, 0.5) is 0 Å². The predicted octanol–water partition coefficient (Wildman–Crippen LogP) is 4.19. The smallest absolute Gasteiger partial charge is 0.336 e. The van der Waals surface area contributed by atoms with Crippen molar-refractivity contribution in [2.45, 2.75) is 19.4 Å². The number of nitrogens with one attached hydrogen (secondary N) is 1. The van der Waals surface area contributed by atoms with E-state index in [2.05, 4.69) is 10.3 Å². The Morgan fingerprint density at radius 1 is 1.06 bits per heavy atom. The van der Waals surface area contributed by atoms with Crippen molar-refractivity contribution in [2.24, 2.45) is 0 Å². The maximum Gasteiger partial charge on any atom is 0.336 e. The molecular weight excluding hydrogens is 468 g/mol. The van der Waals surface area contributed by atoms with Gasteiger partial charge in [0.25, 0.3) is 5.91 Å². The van der Waals surface area contributed by atoms with Crippen LogP contribution in [0.1, 0.15) is 31.3 Å². The normalized spacial score (nSPS) is 11.7. The largest absolute Gasteiger partial charge is 0.508 e. The third kappa shape index (κ3) is 5.30. The number of pyridine rings is 1. The number of nitrogens with zero attached hydrogens (tertiary/aromatic N) is 1. The molecule has 9 heteroatoms. The topological polar surface area (TPSA) is 126 Å². The molecule has 0 radical (unpaired) electrons. The molecule has 4 rings (SSSR count). The minimum Gasteiger partial charge on any atom is -0.508 e. The van der Waals surface area contributed by atoms with Crippen molar-refractivity contribution in [3.8, 4) is 16.2 Å². The molecule has 0 aliphatic rings. The Kier molecular flexibility index (Phi) is 6.79. The van der Waals surface area contributed by atoms with Crippen LogP contribution < -0.4 is 5.32 Å². The van der Waals surface area contributed by atoms with Gasteiger partial charge in [0.05, 0.1) is 18.2 Å². The van der Waals surface area contributed by atoms with Crippen LogP contribution in [0.15, 0.2) is 60.7 Å². The first-order valence-electron chi connectivity index (χ1n) is 10.7. The molecule has 0 fully saturated rings. The van der Waals surface area contributed by atoms with Gasteiger partial charge < -0.3 is 20.3 Å². The summed E-state index contributed by atoms with van der Waals surface area (Å²) in [7, 11) is 1.21. The number of carbonyl (C=O) groups excluding carboxylic acids is 2. The van der Waals surface area contributed by atoms with Gasteiger partial charge in [-0.15, -0.1) is 11.3 Å². The van der Waals surface area contributed by atoms with Crippen LogP contribution >= 0.6 is 11.3 Å². The highest BCUT2D eigenvalue weighted by atomic mass is 32.1. The number of ether oxygens (including phenoxy) is 1. The predicted molar refractivity (Wildman–Crippen MR) is 132 cm³/mol. The van der Waals surface area contributed by atoms with Crippen molar-refractivity contribution < 1.29 is 29.3 Å². The molecule has 2 heterocycles. The second-order valence-electron chi connectivity index (χ2n) is 7.92. The molecule has 0 unspecified atom stereocenters. The third-order valence-electron chi connectivity index (χ3n) is 5.46. The van der Waals surface area contributed by atoms with Gasteiger partial charge in [-0.2, -0.15) is 0 Å². The highest BCUT2D eigenvalue weighted by Gasteiger charge is 2.25. The van der Waals surface area contributed by atoms with Gasteiger partial charge in [-0.25, -0.2) is 14.6 Å². The summed E-state index contributed by atoms with van der Waals surface area (Å²) in [6.45, 7) is 1.99. The van der Waals surface area contributed by atoms with E-state index in [1.807, 2.05) is 25.1 Å². The number of carboxylic acid groups (broad SMARTS) is 1. The molecule has 3 N–H and O–H groups in total. The number of fused-ring (bicyclic) bond motifs is 1. The lowest BCUT2D eigenvalue weighted by Crippen LogP contribution is -2.43. The van der Waals surface area contributed by atoms with E-state index in [9.17, 15) is 24.6 Å². The van der Waals surface area contributed by atoms with Gasteiger partial charge in [-0.05, 0) is 60.5 Å². The summed E-state index contributed by atoms with van der Waals surface area (Å²) in [6.07, 6.45) is 0.113. The molecule has 0 bridgehead atoms. The van der Waals surface area contributed by atoms with Crippen LogP contribution in [0.25, 0.3) is 21.3 Å². The Labute approximate surface area is 204 Å². The number of aromatic hydroxyl groups is 1. The van der Waals surface area contributed by atoms with E-state index in [1.165, 1.54) is 25.3 Å². The zero-order valence-electron chi connectivity index (χ0n) is 18.9. The first kappa shape index (κ1) is 23.9. The maximum absolute atomic E-state index is 13.0. The summed E-state index contributed by atoms with van der Waals surface area (Å²) in [5.74, 6) is -2.49. The summed E-state index contributed by atoms with van der Waals surface area (Å²) < 4.78 is 4.82. The summed E-state index contributed by atoms with van der Waals surface area (Å²) in [6, 6.07) is 15.6. The van der Waals surface area contributed by atoms with Crippen LogP contribution in [0.2, 0.25) is 0 Å². The van der Waals surface area contributed by atoms with Crippen LogP contribution in [0.3, 0.4) is 0 Å². The number of rotatable bonds is 7. The molecule has 2 aromatic carbocycles. The van der Waals surface area contributed by atoms with E-state index in [0.29, 0.717) is 16.5 Å². The SMILES string of the molecule is COC(=O)[C@H](Cc1ccc(O)cc1)NC(=O)c1cc(C(=O)O)c2cc(-c3ccc(C)s3)ccc2n1. The Balaban J connectivity index is 1.66. The monoisotopic (exact) mass is 490 g/mol. The van der Waals surface area contributed by atoms with Gasteiger partial charge in [-0.1, -0.05) is 18.2 Å². The first-order chi connectivity index (χ1) is 16.7. The average molecular weight is 491 g/mol. The summed E-state index contributed by atoms with van der Waals surface area (Å²) >= 11 is 1.60. The molecule has 0 saturated heterocycles. The van der Waals surface area contributed by atoms with Gasteiger partial charge >= 0.3 is 11.9 Å². The van der Waals surface area contributed by atoms with Gasteiger partial charge in [-0.3, -0.25) is 4.79 Å². The van der Waals surface area contributed by atoms with Crippen molar-refractivity contribution in [1.82, 2.24) is 10.3 Å². The lowest BCUT2D eigenvalue weighted by atomic mass is 10.0. The minimum absolute atomic E-state index is 0.0663. The molecule has 4 aromatic rings. The maximum atomic E-state index is 13.0. The number of phenolic OH excluding ortho intramolecular Hbond substituents is 1. The van der Waals surface area contributed by atoms with Crippen LogP contribution in [-0.4, -0.2) is 46.2 Å². The second-order valence-corrected chi connectivity index (χ2v) is 9.21. The fraction of sp³-hybridized carbons (Fsp3) is 0.154. The van der Waals surface area contributed by atoms with Gasteiger partial charge in [0.1, 0.15) is 17.5 Å². The van der Waals surface area contributed by atoms with E-state index < -0.39 is 23.9 Å². The van der Waals surface area contributed by atoms with Crippen LogP contribution in [-0.2, 0) is 16.0 Å². The Morgan fingerprint density at radius 3 is 2.43 bits per heavy atom. The number of esters is 1. The van der Waals surface area contributed by atoms with Crippen molar-refractivity contribution in [3.63, 3.8) is 0 Å². The fourth-order valence-corrected chi connectivity index (χ4v) is 4.56. The summed E-state index contributed by atoms with van der Waals surface area (Å²) in [5, 5.41) is 22.3. The number of methoxy groups -OCH3 is 1. The summed E-state index contributed by atoms with van der Waals surface area (Å²) in [4.78, 5) is 43.9. The lowest BCUT2D eigenvalue weighted by molar-refractivity contribution is -0.142. The number of aryl methyl sites for hydroxylation is 1. The molecule has 0 spiro atoms. The number of thiophene rings is 1. The van der Waals surface area contributed by atoms with Crippen LogP contribution in [0.5, 0.6) is 5.75 Å². The van der Waals surface area contributed by atoms with Gasteiger partial charge in [0.15, 0.2) is 0 Å². The molecule has 0 saturated carbocycles. The molecule has 0 aliphatic heterocycles. The fourth-order valence-electron chi connectivity index (χ4n) is 3.70. The number of carboxylic acids is 1.